The van der Waals surface area contributed by atoms with E-state index in [4.69, 9.17) is 11.6 Å². The quantitative estimate of drug-likeness (QED) is 0.917. The lowest BCUT2D eigenvalue weighted by atomic mass is 9.75. The van der Waals surface area contributed by atoms with E-state index in [1.54, 1.807) is 0 Å². The molecule has 1 N–H and O–H groups in total. The number of ketones is 1. The highest BCUT2D eigenvalue weighted by molar-refractivity contribution is 9.10. The van der Waals surface area contributed by atoms with Crippen molar-refractivity contribution in [1.82, 2.24) is 5.32 Å². The Morgan fingerprint density at radius 3 is 2.72 bits per heavy atom. The molecule has 0 unspecified atom stereocenters. The van der Waals surface area contributed by atoms with E-state index in [0.717, 1.165) is 36.0 Å². The van der Waals surface area contributed by atoms with Gasteiger partial charge in [-0.3, -0.25) is 4.79 Å². The molecule has 1 aromatic carbocycles. The number of nitrogens with one attached hydrogen (secondary N) is 1. The van der Waals surface area contributed by atoms with Crippen LogP contribution in [0.4, 0.5) is 0 Å². The van der Waals surface area contributed by atoms with Crippen LogP contribution in [0.2, 0.25) is 5.02 Å². The van der Waals surface area contributed by atoms with Gasteiger partial charge >= 0.3 is 0 Å². The summed E-state index contributed by atoms with van der Waals surface area (Å²) in [5.74, 6) is 0.299. The fourth-order valence-corrected chi connectivity index (χ4v) is 3.05. The Morgan fingerprint density at radius 1 is 1.44 bits per heavy atom. The first kappa shape index (κ1) is 14.0. The Morgan fingerprint density at radius 2 is 2.11 bits per heavy atom. The standard InChI is InChI=1S/C14H17BrClNO/c1-14(4-6-17-7-5-14)13(18)8-10-2-3-11(15)9-12(10)16/h2-3,9,17H,4-8H2,1H3. The minimum absolute atomic E-state index is 0.193. The number of benzene rings is 1. The predicted molar refractivity (Wildman–Crippen MR) is 78.1 cm³/mol. The summed E-state index contributed by atoms with van der Waals surface area (Å²) in [6, 6.07) is 5.70. The van der Waals surface area contributed by atoms with Gasteiger partial charge in [0.05, 0.1) is 0 Å². The van der Waals surface area contributed by atoms with Crippen LogP contribution in [0.5, 0.6) is 0 Å². The molecule has 1 aliphatic rings. The molecule has 2 nitrogen and oxygen atoms in total. The number of Topliss-reactive ketones (excluding diaryl/α,β-unsaturated/α-hetero) is 1. The molecule has 0 radical (unpaired) electrons. The lowest BCUT2D eigenvalue weighted by molar-refractivity contribution is -0.128. The Labute approximate surface area is 121 Å². The van der Waals surface area contributed by atoms with Gasteiger partial charge in [0.1, 0.15) is 5.78 Å². The molecule has 0 saturated carbocycles. The summed E-state index contributed by atoms with van der Waals surface area (Å²) in [4.78, 5) is 12.4. The Kier molecular flexibility index (Phi) is 4.46. The van der Waals surface area contributed by atoms with Crippen LogP contribution < -0.4 is 5.32 Å². The highest BCUT2D eigenvalue weighted by Crippen LogP contribution is 2.32. The molecular formula is C14H17BrClNO. The largest absolute Gasteiger partial charge is 0.317 e. The molecule has 18 heavy (non-hydrogen) atoms. The topological polar surface area (TPSA) is 29.1 Å². The van der Waals surface area contributed by atoms with Crippen molar-refractivity contribution in [2.45, 2.75) is 26.2 Å². The molecule has 98 valence electrons. The van der Waals surface area contributed by atoms with Gasteiger partial charge in [0.15, 0.2) is 0 Å². The maximum absolute atomic E-state index is 12.4. The smallest absolute Gasteiger partial charge is 0.143 e. The molecule has 1 aromatic rings. The van der Waals surface area contributed by atoms with Gasteiger partial charge in [0.2, 0.25) is 0 Å². The van der Waals surface area contributed by atoms with E-state index in [1.807, 2.05) is 18.2 Å². The van der Waals surface area contributed by atoms with Crippen LogP contribution in [0.15, 0.2) is 22.7 Å². The fraction of sp³-hybridized carbons (Fsp3) is 0.500. The third-order valence-electron chi connectivity index (χ3n) is 3.75. The first-order valence-corrected chi connectivity index (χ1v) is 7.36. The zero-order valence-electron chi connectivity index (χ0n) is 10.4. The van der Waals surface area contributed by atoms with E-state index in [1.165, 1.54) is 0 Å². The molecule has 0 spiro atoms. The number of hydrogen-bond donors (Lipinski definition) is 1. The van der Waals surface area contributed by atoms with Crippen LogP contribution in [0.25, 0.3) is 0 Å². The van der Waals surface area contributed by atoms with Crippen LogP contribution in [0.1, 0.15) is 25.3 Å². The molecule has 1 heterocycles. The van der Waals surface area contributed by atoms with Gasteiger partial charge in [0.25, 0.3) is 0 Å². The third kappa shape index (κ3) is 3.14. The number of piperidine rings is 1. The molecule has 0 atom stereocenters. The van der Waals surface area contributed by atoms with Crippen LogP contribution in [-0.2, 0) is 11.2 Å². The van der Waals surface area contributed by atoms with Crippen molar-refractivity contribution in [2.24, 2.45) is 5.41 Å². The van der Waals surface area contributed by atoms with Crippen LogP contribution in [0, 0.1) is 5.41 Å². The number of carbonyl (C=O) groups excluding carboxylic acids is 1. The van der Waals surface area contributed by atoms with Gasteiger partial charge in [-0.2, -0.15) is 0 Å². The number of rotatable bonds is 3. The second kappa shape index (κ2) is 5.72. The monoisotopic (exact) mass is 329 g/mol. The van der Waals surface area contributed by atoms with E-state index >= 15 is 0 Å². The minimum Gasteiger partial charge on any atom is -0.317 e. The second-order valence-corrected chi connectivity index (χ2v) is 6.47. The van der Waals surface area contributed by atoms with Crippen molar-refractivity contribution in [1.29, 1.82) is 0 Å². The normalized spacial score (nSPS) is 18.6. The molecule has 1 aliphatic heterocycles. The number of hydrogen-bond acceptors (Lipinski definition) is 2. The van der Waals surface area contributed by atoms with E-state index in [-0.39, 0.29) is 5.41 Å². The van der Waals surface area contributed by atoms with Crippen molar-refractivity contribution in [2.75, 3.05) is 13.1 Å². The zero-order chi connectivity index (χ0) is 13.2. The third-order valence-corrected chi connectivity index (χ3v) is 4.59. The molecular weight excluding hydrogens is 314 g/mol. The van der Waals surface area contributed by atoms with Gasteiger partial charge in [0, 0.05) is 21.3 Å². The minimum atomic E-state index is -0.193. The maximum atomic E-state index is 12.4. The van der Waals surface area contributed by atoms with Gasteiger partial charge in [-0.15, -0.1) is 0 Å². The first-order chi connectivity index (χ1) is 8.51. The van der Waals surface area contributed by atoms with Crippen molar-refractivity contribution < 1.29 is 4.79 Å². The van der Waals surface area contributed by atoms with E-state index in [0.29, 0.717) is 17.2 Å². The van der Waals surface area contributed by atoms with E-state index < -0.39 is 0 Å². The number of carbonyl (C=O) groups is 1. The second-order valence-electron chi connectivity index (χ2n) is 5.15. The molecule has 0 aromatic heterocycles. The molecule has 0 amide bonds. The molecule has 0 bridgehead atoms. The zero-order valence-corrected chi connectivity index (χ0v) is 12.8. The molecule has 1 saturated heterocycles. The van der Waals surface area contributed by atoms with Gasteiger partial charge < -0.3 is 5.32 Å². The molecule has 4 heteroatoms. The van der Waals surface area contributed by atoms with Gasteiger partial charge in [-0.25, -0.2) is 0 Å². The van der Waals surface area contributed by atoms with Crippen molar-refractivity contribution in [3.8, 4) is 0 Å². The fourth-order valence-electron chi connectivity index (χ4n) is 2.31. The molecule has 1 fully saturated rings. The average Bonchev–Trinajstić information content (AvgIpc) is 2.33. The first-order valence-electron chi connectivity index (χ1n) is 6.19. The summed E-state index contributed by atoms with van der Waals surface area (Å²) >= 11 is 9.54. The van der Waals surface area contributed by atoms with Crippen LogP contribution in [-0.4, -0.2) is 18.9 Å². The Balaban J connectivity index is 2.11. The lowest BCUT2D eigenvalue weighted by Crippen LogP contribution is -2.40. The van der Waals surface area contributed by atoms with Gasteiger partial charge in [-0.05, 0) is 43.6 Å². The van der Waals surface area contributed by atoms with Crippen molar-refractivity contribution in [3.05, 3.63) is 33.3 Å². The molecule has 0 aliphatic carbocycles. The van der Waals surface area contributed by atoms with Crippen LogP contribution in [0.3, 0.4) is 0 Å². The Hall–Kier alpha value is -0.380. The van der Waals surface area contributed by atoms with Crippen molar-refractivity contribution in [3.63, 3.8) is 0 Å². The highest BCUT2D eigenvalue weighted by atomic mass is 79.9. The maximum Gasteiger partial charge on any atom is 0.143 e. The summed E-state index contributed by atoms with van der Waals surface area (Å²) in [6.07, 6.45) is 2.27. The predicted octanol–water partition coefficient (Wildman–Crippen LogP) is 3.60. The summed E-state index contributed by atoms with van der Waals surface area (Å²) in [6.45, 7) is 3.93. The summed E-state index contributed by atoms with van der Waals surface area (Å²) in [5, 5.41) is 3.96. The van der Waals surface area contributed by atoms with Crippen molar-refractivity contribution >= 4 is 33.3 Å². The highest BCUT2D eigenvalue weighted by Gasteiger charge is 2.34. The average molecular weight is 331 g/mol. The summed E-state index contributed by atoms with van der Waals surface area (Å²) < 4.78 is 0.941. The van der Waals surface area contributed by atoms with Gasteiger partial charge in [-0.1, -0.05) is 40.5 Å². The van der Waals surface area contributed by atoms with E-state index in [2.05, 4.69) is 28.2 Å². The summed E-state index contributed by atoms with van der Waals surface area (Å²) in [7, 11) is 0. The SMILES string of the molecule is CC1(C(=O)Cc2ccc(Br)cc2Cl)CCNCC1. The lowest BCUT2D eigenvalue weighted by Gasteiger charge is -2.32. The van der Waals surface area contributed by atoms with Crippen LogP contribution >= 0.6 is 27.5 Å². The summed E-state index contributed by atoms with van der Waals surface area (Å²) in [5.41, 5.74) is 0.728. The Bertz CT molecular complexity index is 455. The number of halogens is 2. The molecule has 2 rings (SSSR count). The van der Waals surface area contributed by atoms with E-state index in [9.17, 15) is 4.79 Å².